The Bertz CT molecular complexity index is 644. The minimum Gasteiger partial charge on any atom is -0.493 e. The van der Waals surface area contributed by atoms with Gasteiger partial charge in [0.15, 0.2) is 6.29 Å². The van der Waals surface area contributed by atoms with Crippen LogP contribution >= 0.6 is 0 Å². The molecule has 4 nitrogen and oxygen atoms in total. The number of carbonyl (C=O) groups is 1. The first-order valence-electron chi connectivity index (χ1n) is 6.45. The van der Waals surface area contributed by atoms with E-state index in [4.69, 9.17) is 4.74 Å². The Balaban J connectivity index is 2.12. The van der Waals surface area contributed by atoms with E-state index >= 15 is 0 Å². The number of ether oxygens (including phenoxy) is 1. The fraction of sp³-hybridized carbons (Fsp3) is 0.333. The van der Waals surface area contributed by atoms with Crippen molar-refractivity contribution in [1.29, 1.82) is 0 Å². The van der Waals surface area contributed by atoms with Crippen molar-refractivity contribution in [1.82, 2.24) is 9.55 Å². The number of hydrogen-bond donors (Lipinski definition) is 0. The molecular weight excluding hydrogens is 240 g/mol. The van der Waals surface area contributed by atoms with Crippen LogP contribution in [0.3, 0.4) is 0 Å². The van der Waals surface area contributed by atoms with Crippen LogP contribution in [0.5, 0.6) is 5.75 Å². The average Bonchev–Trinajstić information content (AvgIpc) is 2.74. The number of aromatic nitrogens is 2. The van der Waals surface area contributed by atoms with Gasteiger partial charge in [-0.2, -0.15) is 0 Å². The zero-order chi connectivity index (χ0) is 13.4. The van der Waals surface area contributed by atoms with Gasteiger partial charge in [-0.15, -0.1) is 0 Å². The molecule has 3 rings (SSSR count). The van der Waals surface area contributed by atoms with Gasteiger partial charge in [-0.05, 0) is 43.5 Å². The second-order valence-corrected chi connectivity index (χ2v) is 4.84. The highest BCUT2D eigenvalue weighted by atomic mass is 16.5. The number of benzene rings is 1. The highest BCUT2D eigenvalue weighted by Gasteiger charge is 2.16. The Hall–Kier alpha value is -2.10. The van der Waals surface area contributed by atoms with E-state index in [1.807, 2.05) is 30.7 Å². The lowest BCUT2D eigenvalue weighted by Gasteiger charge is -2.17. The Morgan fingerprint density at radius 1 is 1.42 bits per heavy atom. The molecule has 0 aliphatic carbocycles. The van der Waals surface area contributed by atoms with Crippen molar-refractivity contribution in [2.24, 2.45) is 7.05 Å². The largest absolute Gasteiger partial charge is 0.493 e. The summed E-state index contributed by atoms with van der Waals surface area (Å²) < 4.78 is 7.42. The van der Waals surface area contributed by atoms with Gasteiger partial charge in [0.2, 0.25) is 0 Å². The third-order valence-electron chi connectivity index (χ3n) is 3.66. The fourth-order valence-electron chi connectivity index (χ4n) is 2.48. The van der Waals surface area contributed by atoms with Crippen molar-refractivity contribution in [2.45, 2.75) is 19.8 Å². The number of rotatable bonds is 2. The molecule has 0 atom stereocenters. The van der Waals surface area contributed by atoms with Gasteiger partial charge in [0.1, 0.15) is 17.3 Å². The van der Waals surface area contributed by atoms with E-state index in [0.29, 0.717) is 5.69 Å². The van der Waals surface area contributed by atoms with E-state index < -0.39 is 0 Å². The first-order chi connectivity index (χ1) is 9.20. The summed E-state index contributed by atoms with van der Waals surface area (Å²) in [5.41, 5.74) is 3.55. The molecule has 0 radical (unpaired) electrons. The van der Waals surface area contributed by atoms with Crippen molar-refractivity contribution in [2.75, 3.05) is 6.61 Å². The van der Waals surface area contributed by atoms with Crippen LogP contribution in [-0.4, -0.2) is 22.4 Å². The Morgan fingerprint density at radius 3 is 3.05 bits per heavy atom. The molecule has 98 valence electrons. The van der Waals surface area contributed by atoms with E-state index in [2.05, 4.69) is 11.1 Å². The summed E-state index contributed by atoms with van der Waals surface area (Å²) in [5, 5.41) is 0. The van der Waals surface area contributed by atoms with Crippen molar-refractivity contribution in [3.05, 3.63) is 35.3 Å². The van der Waals surface area contributed by atoms with E-state index in [1.165, 1.54) is 5.56 Å². The summed E-state index contributed by atoms with van der Waals surface area (Å²) in [5.74, 6) is 1.79. The molecule has 1 aromatic heterocycles. The predicted molar refractivity (Wildman–Crippen MR) is 72.6 cm³/mol. The van der Waals surface area contributed by atoms with Crippen LogP contribution in [0.15, 0.2) is 18.2 Å². The Labute approximate surface area is 112 Å². The molecule has 2 aromatic rings. The van der Waals surface area contributed by atoms with Crippen LogP contribution < -0.4 is 4.74 Å². The normalized spacial score (nSPS) is 13.8. The zero-order valence-corrected chi connectivity index (χ0v) is 11.1. The van der Waals surface area contributed by atoms with Crippen molar-refractivity contribution >= 4 is 6.29 Å². The van der Waals surface area contributed by atoms with Gasteiger partial charge in [0.05, 0.1) is 12.3 Å². The minimum atomic E-state index is 0.620. The minimum absolute atomic E-state index is 0.620. The van der Waals surface area contributed by atoms with E-state index in [9.17, 15) is 4.79 Å². The van der Waals surface area contributed by atoms with E-state index in [1.54, 1.807) is 0 Å². The maximum absolute atomic E-state index is 11.2. The quantitative estimate of drug-likeness (QED) is 0.775. The summed E-state index contributed by atoms with van der Waals surface area (Å²) in [6, 6.07) is 6.03. The molecule has 2 heterocycles. The SMILES string of the molecule is Cc1nc(-c2ccc3c(c2)CCCO3)c(C=O)n1C. The van der Waals surface area contributed by atoms with Crippen LogP contribution in [0.4, 0.5) is 0 Å². The molecular formula is C15H16N2O2. The topological polar surface area (TPSA) is 44.1 Å². The van der Waals surface area contributed by atoms with E-state index in [-0.39, 0.29) is 0 Å². The molecule has 1 aliphatic rings. The third-order valence-corrected chi connectivity index (χ3v) is 3.66. The first kappa shape index (κ1) is 12.0. The third kappa shape index (κ3) is 1.93. The average molecular weight is 256 g/mol. The molecule has 0 unspecified atom stereocenters. The highest BCUT2D eigenvalue weighted by molar-refractivity contribution is 5.84. The van der Waals surface area contributed by atoms with Crippen LogP contribution in [0.2, 0.25) is 0 Å². The maximum Gasteiger partial charge on any atom is 0.168 e. The number of hydrogen-bond acceptors (Lipinski definition) is 3. The van der Waals surface area contributed by atoms with Crippen molar-refractivity contribution < 1.29 is 9.53 Å². The monoisotopic (exact) mass is 256 g/mol. The second kappa shape index (κ2) is 4.53. The lowest BCUT2D eigenvalue weighted by molar-refractivity contribution is 0.111. The summed E-state index contributed by atoms with van der Waals surface area (Å²) >= 11 is 0. The molecule has 0 N–H and O–H groups in total. The van der Waals surface area contributed by atoms with Gasteiger partial charge in [-0.3, -0.25) is 4.79 Å². The van der Waals surface area contributed by atoms with Crippen molar-refractivity contribution in [3.63, 3.8) is 0 Å². The molecule has 0 amide bonds. The van der Waals surface area contributed by atoms with Crippen LogP contribution in [0.25, 0.3) is 11.3 Å². The summed E-state index contributed by atoms with van der Waals surface area (Å²) in [7, 11) is 1.86. The smallest absolute Gasteiger partial charge is 0.168 e. The molecule has 19 heavy (non-hydrogen) atoms. The number of aldehydes is 1. The molecule has 0 bridgehead atoms. The molecule has 1 aliphatic heterocycles. The lowest BCUT2D eigenvalue weighted by atomic mass is 10.0. The number of nitrogens with zero attached hydrogens (tertiary/aromatic N) is 2. The first-order valence-corrected chi connectivity index (χ1v) is 6.45. The van der Waals surface area contributed by atoms with E-state index in [0.717, 1.165) is 48.6 Å². The summed E-state index contributed by atoms with van der Waals surface area (Å²) in [4.78, 5) is 15.7. The number of carbonyl (C=O) groups excluding carboxylic acids is 1. The Kier molecular flexibility index (Phi) is 2.85. The molecule has 0 spiro atoms. The van der Waals surface area contributed by atoms with Crippen LogP contribution in [0.1, 0.15) is 28.3 Å². The van der Waals surface area contributed by atoms with Gasteiger partial charge >= 0.3 is 0 Å². The standard InChI is InChI=1S/C15H16N2O2/c1-10-16-15(13(9-18)17(10)2)12-5-6-14-11(8-12)4-3-7-19-14/h5-6,8-9H,3-4,7H2,1-2H3. The molecule has 4 heteroatoms. The lowest BCUT2D eigenvalue weighted by Crippen LogP contribution is -2.08. The molecule has 0 saturated carbocycles. The van der Waals surface area contributed by atoms with Gasteiger partial charge in [-0.25, -0.2) is 4.98 Å². The van der Waals surface area contributed by atoms with Gasteiger partial charge in [0, 0.05) is 12.6 Å². The summed E-state index contributed by atoms with van der Waals surface area (Å²) in [6.07, 6.45) is 2.93. The highest BCUT2D eigenvalue weighted by Crippen LogP contribution is 2.30. The van der Waals surface area contributed by atoms with Crippen molar-refractivity contribution in [3.8, 4) is 17.0 Å². The number of aryl methyl sites for hydroxylation is 2. The summed E-state index contributed by atoms with van der Waals surface area (Å²) in [6.45, 7) is 2.69. The molecule has 0 fully saturated rings. The number of fused-ring (bicyclic) bond motifs is 1. The van der Waals surface area contributed by atoms with Gasteiger partial charge < -0.3 is 9.30 Å². The fourth-order valence-corrected chi connectivity index (χ4v) is 2.48. The zero-order valence-electron chi connectivity index (χ0n) is 11.1. The van der Waals surface area contributed by atoms with Gasteiger partial charge in [-0.1, -0.05) is 0 Å². The number of imidazole rings is 1. The van der Waals surface area contributed by atoms with Gasteiger partial charge in [0.25, 0.3) is 0 Å². The maximum atomic E-state index is 11.2. The molecule has 1 aromatic carbocycles. The van der Waals surface area contributed by atoms with Crippen LogP contribution in [0, 0.1) is 6.92 Å². The molecule has 0 saturated heterocycles. The van der Waals surface area contributed by atoms with Crippen LogP contribution in [-0.2, 0) is 13.5 Å². The predicted octanol–water partition coefficient (Wildman–Crippen LogP) is 2.53. The second-order valence-electron chi connectivity index (χ2n) is 4.84. The Morgan fingerprint density at radius 2 is 2.26 bits per heavy atom.